The molecule has 1 aromatic carbocycles. The van der Waals surface area contributed by atoms with Gasteiger partial charge in [-0.2, -0.15) is 0 Å². The number of nitrogens with one attached hydrogen (secondary N) is 1. The van der Waals surface area contributed by atoms with Gasteiger partial charge in [-0.1, -0.05) is 42.0 Å². The standard InChI is InChI=1S/C18H23NO3/c1-18(17(21)22,15-10-6-3-7-11-15)13-19-16(20)12-14-8-4-2-5-9-14/h3,6-8,10-11H,2,4-5,9,12-13H2,1H3,(H,19,20)(H,21,22). The fourth-order valence-electron chi connectivity index (χ4n) is 2.72. The number of benzene rings is 1. The first-order valence-corrected chi connectivity index (χ1v) is 7.76. The van der Waals surface area contributed by atoms with E-state index in [1.807, 2.05) is 18.2 Å². The molecule has 0 bridgehead atoms. The number of carboxylic acids is 1. The van der Waals surface area contributed by atoms with Crippen LogP contribution in [-0.4, -0.2) is 23.5 Å². The number of carbonyl (C=O) groups excluding carboxylic acids is 1. The highest BCUT2D eigenvalue weighted by molar-refractivity contribution is 5.83. The number of allylic oxidation sites excluding steroid dienone is 1. The zero-order valence-electron chi connectivity index (χ0n) is 13.0. The minimum atomic E-state index is -1.11. The second kappa shape index (κ2) is 7.25. The van der Waals surface area contributed by atoms with E-state index in [9.17, 15) is 14.7 Å². The molecule has 2 rings (SSSR count). The molecule has 2 N–H and O–H groups in total. The summed E-state index contributed by atoms with van der Waals surface area (Å²) in [6.45, 7) is 1.74. The molecule has 1 unspecified atom stereocenters. The predicted molar refractivity (Wildman–Crippen MR) is 85.6 cm³/mol. The lowest BCUT2D eigenvalue weighted by atomic mass is 9.82. The third-order valence-corrected chi connectivity index (χ3v) is 4.29. The molecule has 22 heavy (non-hydrogen) atoms. The summed E-state index contributed by atoms with van der Waals surface area (Å²) in [6, 6.07) is 9.03. The molecule has 4 heteroatoms. The number of hydrogen-bond acceptors (Lipinski definition) is 2. The van der Waals surface area contributed by atoms with Gasteiger partial charge in [-0.05, 0) is 38.2 Å². The molecule has 1 amide bonds. The topological polar surface area (TPSA) is 66.4 Å². The van der Waals surface area contributed by atoms with Gasteiger partial charge < -0.3 is 10.4 Å². The summed E-state index contributed by atoms with van der Waals surface area (Å²) in [5.41, 5.74) is 0.748. The van der Waals surface area contributed by atoms with Crippen LogP contribution in [0.25, 0.3) is 0 Å². The molecule has 0 heterocycles. The van der Waals surface area contributed by atoms with Crippen LogP contribution in [0.4, 0.5) is 0 Å². The van der Waals surface area contributed by atoms with Gasteiger partial charge in [0.1, 0.15) is 5.41 Å². The van der Waals surface area contributed by atoms with Crippen LogP contribution in [0.3, 0.4) is 0 Å². The molecule has 1 atom stereocenters. The minimum Gasteiger partial charge on any atom is -0.481 e. The lowest BCUT2D eigenvalue weighted by molar-refractivity contribution is -0.143. The maximum Gasteiger partial charge on any atom is 0.315 e. The van der Waals surface area contributed by atoms with Crippen molar-refractivity contribution in [2.45, 2.75) is 44.4 Å². The number of hydrogen-bond donors (Lipinski definition) is 2. The lowest BCUT2D eigenvalue weighted by Crippen LogP contribution is -2.44. The van der Waals surface area contributed by atoms with Gasteiger partial charge in [0.2, 0.25) is 5.91 Å². The number of amides is 1. The largest absolute Gasteiger partial charge is 0.481 e. The molecule has 1 aliphatic carbocycles. The summed E-state index contributed by atoms with van der Waals surface area (Å²) in [5, 5.41) is 12.3. The van der Waals surface area contributed by atoms with Crippen LogP contribution >= 0.6 is 0 Å². The van der Waals surface area contributed by atoms with E-state index in [4.69, 9.17) is 0 Å². The van der Waals surface area contributed by atoms with Gasteiger partial charge in [-0.3, -0.25) is 9.59 Å². The van der Waals surface area contributed by atoms with E-state index < -0.39 is 11.4 Å². The summed E-state index contributed by atoms with van der Waals surface area (Å²) < 4.78 is 0. The Kier molecular flexibility index (Phi) is 5.36. The fourth-order valence-corrected chi connectivity index (χ4v) is 2.72. The van der Waals surface area contributed by atoms with Crippen LogP contribution in [0, 0.1) is 0 Å². The summed E-state index contributed by atoms with van der Waals surface area (Å²) >= 11 is 0. The van der Waals surface area contributed by atoms with Crippen molar-refractivity contribution < 1.29 is 14.7 Å². The van der Waals surface area contributed by atoms with E-state index in [1.54, 1.807) is 19.1 Å². The predicted octanol–water partition coefficient (Wildman–Crippen LogP) is 3.04. The second-order valence-electron chi connectivity index (χ2n) is 6.06. The van der Waals surface area contributed by atoms with Crippen molar-refractivity contribution >= 4 is 11.9 Å². The van der Waals surface area contributed by atoms with Crippen molar-refractivity contribution in [2.75, 3.05) is 6.54 Å². The van der Waals surface area contributed by atoms with Crippen molar-refractivity contribution in [3.8, 4) is 0 Å². The number of carbonyl (C=O) groups is 2. The summed E-state index contributed by atoms with van der Waals surface area (Å²) in [6.07, 6.45) is 6.86. The minimum absolute atomic E-state index is 0.0957. The van der Waals surface area contributed by atoms with Gasteiger partial charge in [-0.25, -0.2) is 0 Å². The highest BCUT2D eigenvalue weighted by Crippen LogP contribution is 2.24. The van der Waals surface area contributed by atoms with Crippen LogP contribution in [-0.2, 0) is 15.0 Å². The van der Waals surface area contributed by atoms with Gasteiger partial charge >= 0.3 is 5.97 Å². The zero-order valence-corrected chi connectivity index (χ0v) is 13.0. The lowest BCUT2D eigenvalue weighted by Gasteiger charge is -2.26. The Labute approximate surface area is 131 Å². The van der Waals surface area contributed by atoms with Crippen LogP contribution in [0.2, 0.25) is 0 Å². The highest BCUT2D eigenvalue weighted by Gasteiger charge is 2.35. The number of aliphatic carboxylic acids is 1. The van der Waals surface area contributed by atoms with Crippen molar-refractivity contribution in [1.82, 2.24) is 5.32 Å². The average molecular weight is 301 g/mol. The normalized spacial score (nSPS) is 17.2. The van der Waals surface area contributed by atoms with Gasteiger partial charge in [0.25, 0.3) is 0 Å². The second-order valence-corrected chi connectivity index (χ2v) is 6.06. The molecule has 0 aliphatic heterocycles. The molecule has 0 spiro atoms. The van der Waals surface area contributed by atoms with E-state index in [2.05, 4.69) is 11.4 Å². The van der Waals surface area contributed by atoms with Gasteiger partial charge in [0.05, 0.1) is 0 Å². The van der Waals surface area contributed by atoms with Gasteiger partial charge in [0.15, 0.2) is 0 Å². The average Bonchev–Trinajstić information content (AvgIpc) is 2.54. The third-order valence-electron chi connectivity index (χ3n) is 4.29. The van der Waals surface area contributed by atoms with Gasteiger partial charge in [-0.15, -0.1) is 0 Å². The van der Waals surface area contributed by atoms with Gasteiger partial charge in [0, 0.05) is 13.0 Å². The quantitative estimate of drug-likeness (QED) is 0.794. The van der Waals surface area contributed by atoms with Crippen LogP contribution in [0.5, 0.6) is 0 Å². The van der Waals surface area contributed by atoms with E-state index >= 15 is 0 Å². The molecule has 1 aliphatic rings. The van der Waals surface area contributed by atoms with Crippen molar-refractivity contribution in [3.05, 3.63) is 47.5 Å². The molecule has 118 valence electrons. The first-order valence-electron chi connectivity index (χ1n) is 7.76. The Bertz CT molecular complexity index is 565. The molecule has 0 saturated carbocycles. The van der Waals surface area contributed by atoms with Crippen LogP contribution in [0.1, 0.15) is 44.6 Å². The summed E-state index contributed by atoms with van der Waals surface area (Å²) in [7, 11) is 0. The molecule has 1 aromatic rings. The monoisotopic (exact) mass is 301 g/mol. The van der Waals surface area contributed by atoms with Crippen molar-refractivity contribution in [3.63, 3.8) is 0 Å². The van der Waals surface area contributed by atoms with Crippen molar-refractivity contribution in [2.24, 2.45) is 0 Å². The molecular formula is C18H23NO3. The Hall–Kier alpha value is -2.10. The Balaban J connectivity index is 1.99. The van der Waals surface area contributed by atoms with Crippen LogP contribution in [0.15, 0.2) is 42.0 Å². The van der Waals surface area contributed by atoms with Crippen LogP contribution < -0.4 is 5.32 Å². The number of rotatable bonds is 6. The molecule has 4 nitrogen and oxygen atoms in total. The first-order chi connectivity index (χ1) is 10.5. The van der Waals surface area contributed by atoms with E-state index in [-0.39, 0.29) is 12.5 Å². The first kappa shape index (κ1) is 16.3. The van der Waals surface area contributed by atoms with E-state index in [1.165, 1.54) is 12.0 Å². The molecular weight excluding hydrogens is 278 g/mol. The van der Waals surface area contributed by atoms with Crippen molar-refractivity contribution in [1.29, 1.82) is 0 Å². The summed E-state index contributed by atoms with van der Waals surface area (Å²) in [4.78, 5) is 23.7. The SMILES string of the molecule is CC(CNC(=O)CC1=CCCCC1)(C(=O)O)c1ccccc1. The smallest absolute Gasteiger partial charge is 0.315 e. The number of carboxylic acid groups (broad SMARTS) is 1. The highest BCUT2D eigenvalue weighted by atomic mass is 16.4. The third kappa shape index (κ3) is 3.97. The molecule has 0 fully saturated rings. The Morgan fingerprint density at radius 1 is 1.23 bits per heavy atom. The maximum absolute atomic E-state index is 12.1. The zero-order chi connectivity index (χ0) is 16.0. The summed E-state index contributed by atoms with van der Waals surface area (Å²) in [5.74, 6) is -1.03. The van der Waals surface area contributed by atoms with E-state index in [0.717, 1.165) is 19.3 Å². The van der Waals surface area contributed by atoms with E-state index in [0.29, 0.717) is 12.0 Å². The fraction of sp³-hybridized carbons (Fsp3) is 0.444. The molecule has 0 aromatic heterocycles. The Morgan fingerprint density at radius 3 is 2.55 bits per heavy atom. The maximum atomic E-state index is 12.1. The Morgan fingerprint density at radius 2 is 1.95 bits per heavy atom. The molecule has 0 saturated heterocycles. The molecule has 0 radical (unpaired) electrons.